The van der Waals surface area contributed by atoms with Gasteiger partial charge >= 0.3 is 0 Å². The van der Waals surface area contributed by atoms with Crippen LogP contribution < -0.4 is 11.1 Å². The first-order valence-corrected chi connectivity index (χ1v) is 8.55. The molecule has 3 rings (SSSR count). The van der Waals surface area contributed by atoms with Crippen molar-refractivity contribution < 1.29 is 9.90 Å². The van der Waals surface area contributed by atoms with E-state index >= 15 is 0 Å². The Hall–Kier alpha value is -1.76. The van der Waals surface area contributed by atoms with Crippen LogP contribution in [-0.4, -0.2) is 34.2 Å². The van der Waals surface area contributed by atoms with Crippen LogP contribution in [0.15, 0.2) is 29.8 Å². The summed E-state index contributed by atoms with van der Waals surface area (Å²) < 4.78 is 0. The van der Waals surface area contributed by atoms with Crippen molar-refractivity contribution in [1.82, 2.24) is 10.3 Å². The summed E-state index contributed by atoms with van der Waals surface area (Å²) in [6.07, 6.45) is -0.191. The molecule has 0 unspecified atom stereocenters. The van der Waals surface area contributed by atoms with E-state index in [0.29, 0.717) is 13.0 Å². The van der Waals surface area contributed by atoms with Crippen molar-refractivity contribution >= 4 is 17.2 Å². The predicted octanol–water partition coefficient (Wildman–Crippen LogP) is 1.80. The Kier molecular flexibility index (Phi) is 4.23. The summed E-state index contributed by atoms with van der Waals surface area (Å²) in [5, 5.41) is 13.0. The first-order valence-electron chi connectivity index (χ1n) is 7.67. The van der Waals surface area contributed by atoms with Gasteiger partial charge in [-0.25, -0.2) is 4.98 Å². The largest absolute Gasteiger partial charge is 0.392 e. The fourth-order valence-electron chi connectivity index (χ4n) is 3.33. The van der Waals surface area contributed by atoms with E-state index in [1.807, 2.05) is 43.6 Å². The number of β-amino-alcohol motifs (C(OH)–C–C–N with tert-alkyl or cyclic N) is 1. The number of nitrogens with zero attached hydrogens (tertiary/aromatic N) is 1. The van der Waals surface area contributed by atoms with Gasteiger partial charge in [0.05, 0.1) is 22.2 Å². The van der Waals surface area contributed by atoms with Gasteiger partial charge in [-0.1, -0.05) is 31.2 Å². The van der Waals surface area contributed by atoms with E-state index in [0.717, 1.165) is 21.7 Å². The molecule has 1 aliphatic rings. The van der Waals surface area contributed by atoms with Crippen LogP contribution in [0.5, 0.6) is 0 Å². The highest BCUT2D eigenvalue weighted by Crippen LogP contribution is 2.36. The number of thiazole rings is 1. The van der Waals surface area contributed by atoms with Gasteiger partial charge in [0.25, 0.3) is 0 Å². The summed E-state index contributed by atoms with van der Waals surface area (Å²) in [7, 11) is 0. The maximum absolute atomic E-state index is 12.0. The molecule has 4 N–H and O–H groups in total. The third-order valence-corrected chi connectivity index (χ3v) is 5.79. The Labute approximate surface area is 139 Å². The van der Waals surface area contributed by atoms with Gasteiger partial charge in [-0.2, -0.15) is 0 Å². The Morgan fingerprint density at radius 1 is 1.48 bits per heavy atom. The normalized spacial score (nSPS) is 25.4. The summed E-state index contributed by atoms with van der Waals surface area (Å²) in [6.45, 7) is 4.36. The summed E-state index contributed by atoms with van der Waals surface area (Å²) in [4.78, 5) is 17.5. The number of rotatable bonds is 4. The number of nitrogens with two attached hydrogens (primary N) is 1. The molecule has 23 heavy (non-hydrogen) atoms. The Morgan fingerprint density at radius 3 is 2.65 bits per heavy atom. The Balaban J connectivity index is 1.89. The minimum absolute atomic E-state index is 0.117. The van der Waals surface area contributed by atoms with Gasteiger partial charge in [-0.15, -0.1) is 11.3 Å². The average Bonchev–Trinajstić information content (AvgIpc) is 3.13. The number of carbonyl (C=O) groups excluding carboxylic acids is 1. The smallest absolute Gasteiger partial charge is 0.238 e. The van der Waals surface area contributed by atoms with Gasteiger partial charge < -0.3 is 16.2 Å². The molecule has 1 amide bonds. The minimum atomic E-state index is -0.888. The highest BCUT2D eigenvalue weighted by molar-refractivity contribution is 7.13. The molecule has 1 saturated heterocycles. The maximum atomic E-state index is 12.0. The number of hydrogen-bond donors (Lipinski definition) is 3. The van der Waals surface area contributed by atoms with Crippen molar-refractivity contribution in [2.45, 2.75) is 37.8 Å². The van der Waals surface area contributed by atoms with E-state index in [1.54, 1.807) is 11.3 Å². The van der Waals surface area contributed by atoms with Crippen molar-refractivity contribution in [3.63, 3.8) is 0 Å². The number of aliphatic hydroxyl groups is 1. The summed E-state index contributed by atoms with van der Waals surface area (Å²) in [6, 6.07) is 8.14. The standard InChI is InChI=1S/C17H21N3O2S/c1-10(17(16(18)22)7-14(21)8-20-17)12-3-5-13(6-4-12)15-11(2)19-9-23-15/h3-6,9-10,14,20-21H,7-8H2,1-2H3,(H2,18,22)/t10-,14+,17-/m0/s1. The van der Waals surface area contributed by atoms with Crippen molar-refractivity contribution in [2.75, 3.05) is 6.54 Å². The number of aromatic nitrogens is 1. The third-order valence-electron chi connectivity index (χ3n) is 4.81. The van der Waals surface area contributed by atoms with E-state index < -0.39 is 17.6 Å². The Bertz CT molecular complexity index is 713. The first-order chi connectivity index (χ1) is 10.9. The van der Waals surface area contributed by atoms with Gasteiger partial charge in [-0.05, 0) is 18.1 Å². The summed E-state index contributed by atoms with van der Waals surface area (Å²) in [5.74, 6) is -0.530. The zero-order chi connectivity index (χ0) is 16.6. The SMILES string of the molecule is Cc1ncsc1-c1ccc([C@H](C)[C@]2(C(N)=O)C[C@@H](O)CN2)cc1. The lowest BCUT2D eigenvalue weighted by Gasteiger charge is -2.33. The maximum Gasteiger partial charge on any atom is 0.238 e. The van der Waals surface area contributed by atoms with Crippen molar-refractivity contribution in [2.24, 2.45) is 5.73 Å². The minimum Gasteiger partial charge on any atom is -0.392 e. The zero-order valence-electron chi connectivity index (χ0n) is 13.2. The van der Waals surface area contributed by atoms with Gasteiger partial charge in [0, 0.05) is 18.9 Å². The molecule has 5 nitrogen and oxygen atoms in total. The highest BCUT2D eigenvalue weighted by Gasteiger charge is 2.48. The number of aliphatic hydroxyl groups excluding tert-OH is 1. The van der Waals surface area contributed by atoms with Crippen molar-refractivity contribution in [3.8, 4) is 10.4 Å². The molecule has 122 valence electrons. The fraction of sp³-hybridized carbons (Fsp3) is 0.412. The number of hydrogen-bond acceptors (Lipinski definition) is 5. The second-order valence-corrected chi connectivity index (χ2v) is 7.04. The molecule has 1 aromatic heterocycles. The first kappa shape index (κ1) is 16.1. The predicted molar refractivity (Wildman–Crippen MR) is 91.3 cm³/mol. The molecule has 2 heterocycles. The van der Waals surface area contributed by atoms with Crippen molar-refractivity contribution in [1.29, 1.82) is 0 Å². The molecule has 0 bridgehead atoms. The molecule has 1 fully saturated rings. The second kappa shape index (κ2) is 6.03. The Morgan fingerprint density at radius 2 is 2.17 bits per heavy atom. The quantitative estimate of drug-likeness (QED) is 0.797. The number of nitrogens with one attached hydrogen (secondary N) is 1. The number of benzene rings is 1. The lowest BCUT2D eigenvalue weighted by Crippen LogP contribution is -2.55. The van der Waals surface area contributed by atoms with Crippen LogP contribution in [0.4, 0.5) is 0 Å². The lowest BCUT2D eigenvalue weighted by molar-refractivity contribution is -0.124. The van der Waals surface area contributed by atoms with Crippen LogP contribution in [0, 0.1) is 6.92 Å². The molecule has 0 radical (unpaired) electrons. The number of aryl methyl sites for hydroxylation is 1. The number of amides is 1. The second-order valence-electron chi connectivity index (χ2n) is 6.19. The molecule has 3 atom stereocenters. The summed E-state index contributed by atoms with van der Waals surface area (Å²) in [5.41, 5.74) is 9.76. The topological polar surface area (TPSA) is 88.2 Å². The molecule has 6 heteroatoms. The highest BCUT2D eigenvalue weighted by atomic mass is 32.1. The molecule has 0 aliphatic carbocycles. The van der Waals surface area contributed by atoms with Gasteiger partial charge in [-0.3, -0.25) is 4.79 Å². The number of primary amides is 1. The average molecular weight is 331 g/mol. The van der Waals surface area contributed by atoms with E-state index in [1.165, 1.54) is 0 Å². The molecule has 2 aromatic rings. The van der Waals surface area contributed by atoms with Gasteiger partial charge in [0.15, 0.2) is 0 Å². The molecule has 1 aliphatic heterocycles. The van der Waals surface area contributed by atoms with E-state index in [2.05, 4.69) is 10.3 Å². The molecule has 1 aromatic carbocycles. The van der Waals surface area contributed by atoms with Crippen LogP contribution >= 0.6 is 11.3 Å². The van der Waals surface area contributed by atoms with Crippen LogP contribution in [0.1, 0.15) is 30.5 Å². The monoisotopic (exact) mass is 331 g/mol. The number of carbonyl (C=O) groups is 1. The third kappa shape index (κ3) is 2.78. The molecule has 0 spiro atoms. The van der Waals surface area contributed by atoms with Crippen molar-refractivity contribution in [3.05, 3.63) is 41.0 Å². The molecular weight excluding hydrogens is 310 g/mol. The summed E-state index contributed by atoms with van der Waals surface area (Å²) >= 11 is 1.62. The van der Waals surface area contributed by atoms with E-state index in [4.69, 9.17) is 5.73 Å². The molecular formula is C17H21N3O2S. The zero-order valence-corrected chi connectivity index (χ0v) is 14.1. The van der Waals surface area contributed by atoms with Crippen LogP contribution in [-0.2, 0) is 4.79 Å². The molecule has 0 saturated carbocycles. The van der Waals surface area contributed by atoms with Gasteiger partial charge in [0.1, 0.15) is 5.54 Å². The van der Waals surface area contributed by atoms with Gasteiger partial charge in [0.2, 0.25) is 5.91 Å². The van der Waals surface area contributed by atoms with E-state index in [9.17, 15) is 9.90 Å². The van der Waals surface area contributed by atoms with Crippen LogP contribution in [0.25, 0.3) is 10.4 Å². The fourth-order valence-corrected chi connectivity index (χ4v) is 4.15. The van der Waals surface area contributed by atoms with Crippen LogP contribution in [0.3, 0.4) is 0 Å². The van der Waals surface area contributed by atoms with Crippen LogP contribution in [0.2, 0.25) is 0 Å². The van der Waals surface area contributed by atoms with E-state index in [-0.39, 0.29) is 5.92 Å². The lowest BCUT2D eigenvalue weighted by atomic mass is 9.78.